The maximum Gasteiger partial charge on any atom is 0.251 e. The van der Waals surface area contributed by atoms with Crippen LogP contribution in [0.15, 0.2) is 29.2 Å². The van der Waals surface area contributed by atoms with Gasteiger partial charge in [0.15, 0.2) is 0 Å². The summed E-state index contributed by atoms with van der Waals surface area (Å²) in [5, 5.41) is 2.85. The molecular formula is C21H32N2O4S. The molecule has 3 rings (SSSR count). The summed E-state index contributed by atoms with van der Waals surface area (Å²) in [6.45, 7) is 1.16. The van der Waals surface area contributed by atoms with E-state index in [0.717, 1.165) is 44.9 Å². The molecule has 6 nitrogen and oxygen atoms in total. The van der Waals surface area contributed by atoms with E-state index in [4.69, 9.17) is 4.74 Å². The van der Waals surface area contributed by atoms with Gasteiger partial charge in [-0.05, 0) is 50.3 Å². The van der Waals surface area contributed by atoms with E-state index < -0.39 is 10.0 Å². The van der Waals surface area contributed by atoms with Gasteiger partial charge in [-0.15, -0.1) is 0 Å². The van der Waals surface area contributed by atoms with Crippen molar-refractivity contribution >= 4 is 15.9 Å². The molecular weight excluding hydrogens is 376 g/mol. The second kappa shape index (κ2) is 10.4. The molecule has 28 heavy (non-hydrogen) atoms. The average molecular weight is 409 g/mol. The van der Waals surface area contributed by atoms with Gasteiger partial charge in [0.05, 0.1) is 11.0 Å². The molecule has 1 aromatic carbocycles. The Morgan fingerprint density at radius 2 is 1.75 bits per heavy atom. The molecule has 0 spiro atoms. The molecule has 2 saturated carbocycles. The lowest BCUT2D eigenvalue weighted by atomic mass is 9.98. The monoisotopic (exact) mass is 408 g/mol. The van der Waals surface area contributed by atoms with Crippen LogP contribution < -0.4 is 10.0 Å². The summed E-state index contributed by atoms with van der Waals surface area (Å²) < 4.78 is 33.7. The van der Waals surface area contributed by atoms with E-state index in [-0.39, 0.29) is 16.8 Å². The molecule has 0 atom stereocenters. The fourth-order valence-corrected chi connectivity index (χ4v) is 5.34. The highest BCUT2D eigenvalue weighted by Gasteiger charge is 2.23. The van der Waals surface area contributed by atoms with Crippen LogP contribution in [0.5, 0.6) is 0 Å². The Bertz CT molecular complexity index is 739. The zero-order chi connectivity index (χ0) is 19.8. The van der Waals surface area contributed by atoms with Crippen molar-refractivity contribution in [3.05, 3.63) is 29.8 Å². The van der Waals surface area contributed by atoms with Gasteiger partial charge >= 0.3 is 0 Å². The van der Waals surface area contributed by atoms with Gasteiger partial charge in [0.2, 0.25) is 10.0 Å². The standard InChI is InChI=1S/C21H32N2O4S/c24-21(22-14-7-15-27-19-11-2-1-3-12-19)17-8-6-13-20(16-17)28(25,26)23-18-9-4-5-10-18/h6,8,13,16,18-19,23H,1-5,7,9-12,14-15H2,(H,22,24). The predicted molar refractivity (Wildman–Crippen MR) is 109 cm³/mol. The highest BCUT2D eigenvalue weighted by Crippen LogP contribution is 2.21. The molecule has 0 saturated heterocycles. The fraction of sp³-hybridized carbons (Fsp3) is 0.667. The van der Waals surface area contributed by atoms with Crippen LogP contribution in [-0.4, -0.2) is 39.6 Å². The summed E-state index contributed by atoms with van der Waals surface area (Å²) in [6, 6.07) is 6.25. The first-order valence-electron chi connectivity index (χ1n) is 10.6. The van der Waals surface area contributed by atoms with Crippen molar-refractivity contribution in [3.63, 3.8) is 0 Å². The number of carbonyl (C=O) groups excluding carboxylic acids is 1. The van der Waals surface area contributed by atoms with Crippen molar-refractivity contribution in [2.75, 3.05) is 13.2 Å². The third-order valence-electron chi connectivity index (χ3n) is 5.60. The SMILES string of the molecule is O=C(NCCCOC1CCCCC1)c1cccc(S(=O)(=O)NC2CCCC2)c1. The molecule has 0 aliphatic heterocycles. The summed E-state index contributed by atoms with van der Waals surface area (Å²) in [5.41, 5.74) is 0.363. The number of nitrogens with one attached hydrogen (secondary N) is 2. The highest BCUT2D eigenvalue weighted by molar-refractivity contribution is 7.89. The predicted octanol–water partition coefficient (Wildman–Crippen LogP) is 3.38. The van der Waals surface area contributed by atoms with Crippen molar-refractivity contribution in [3.8, 4) is 0 Å². The van der Waals surface area contributed by atoms with E-state index in [0.29, 0.717) is 24.8 Å². The van der Waals surface area contributed by atoms with Crippen molar-refractivity contribution in [2.45, 2.75) is 81.2 Å². The summed E-state index contributed by atoms with van der Waals surface area (Å²) >= 11 is 0. The molecule has 1 amide bonds. The minimum absolute atomic E-state index is 0.00615. The lowest BCUT2D eigenvalue weighted by Crippen LogP contribution is -2.33. The van der Waals surface area contributed by atoms with Gasteiger partial charge in [-0.2, -0.15) is 0 Å². The minimum atomic E-state index is -3.59. The number of benzene rings is 1. The van der Waals surface area contributed by atoms with Crippen LogP contribution in [0.3, 0.4) is 0 Å². The zero-order valence-electron chi connectivity index (χ0n) is 16.5. The van der Waals surface area contributed by atoms with Crippen molar-refractivity contribution in [1.82, 2.24) is 10.0 Å². The Morgan fingerprint density at radius 1 is 1.04 bits per heavy atom. The molecule has 0 heterocycles. The molecule has 7 heteroatoms. The topological polar surface area (TPSA) is 84.5 Å². The summed E-state index contributed by atoms with van der Waals surface area (Å²) in [5.74, 6) is -0.254. The van der Waals surface area contributed by atoms with Gasteiger partial charge in [-0.25, -0.2) is 13.1 Å². The van der Waals surface area contributed by atoms with E-state index in [1.165, 1.54) is 31.4 Å². The number of hydrogen-bond donors (Lipinski definition) is 2. The van der Waals surface area contributed by atoms with Gasteiger partial charge < -0.3 is 10.1 Å². The lowest BCUT2D eigenvalue weighted by molar-refractivity contribution is 0.0273. The van der Waals surface area contributed by atoms with E-state index in [9.17, 15) is 13.2 Å². The van der Waals surface area contributed by atoms with Gasteiger partial charge in [0, 0.05) is 24.8 Å². The average Bonchev–Trinajstić information content (AvgIpc) is 3.21. The maximum absolute atomic E-state index is 12.6. The Morgan fingerprint density at radius 3 is 2.50 bits per heavy atom. The quantitative estimate of drug-likeness (QED) is 0.614. The summed E-state index contributed by atoms with van der Waals surface area (Å²) in [7, 11) is -3.59. The van der Waals surface area contributed by atoms with Gasteiger partial charge in [0.1, 0.15) is 0 Å². The minimum Gasteiger partial charge on any atom is -0.378 e. The lowest BCUT2D eigenvalue weighted by Gasteiger charge is -2.21. The molecule has 0 radical (unpaired) electrons. The first-order chi connectivity index (χ1) is 13.5. The molecule has 0 unspecified atom stereocenters. The number of ether oxygens (including phenoxy) is 1. The Kier molecular flexibility index (Phi) is 7.88. The van der Waals surface area contributed by atoms with Crippen molar-refractivity contribution < 1.29 is 17.9 Å². The smallest absolute Gasteiger partial charge is 0.251 e. The highest BCUT2D eigenvalue weighted by atomic mass is 32.2. The molecule has 2 fully saturated rings. The number of rotatable bonds is 9. The van der Waals surface area contributed by atoms with Crippen LogP contribution in [0.1, 0.15) is 74.6 Å². The second-order valence-corrected chi connectivity index (χ2v) is 9.58. The molecule has 156 valence electrons. The van der Waals surface area contributed by atoms with E-state index >= 15 is 0 Å². The third kappa shape index (κ3) is 6.29. The molecule has 1 aromatic rings. The van der Waals surface area contributed by atoms with E-state index in [2.05, 4.69) is 10.0 Å². The van der Waals surface area contributed by atoms with Gasteiger partial charge in [-0.3, -0.25) is 4.79 Å². The third-order valence-corrected chi connectivity index (χ3v) is 7.11. The first kappa shape index (κ1) is 21.3. The Labute approximate surface area is 168 Å². The first-order valence-corrected chi connectivity index (χ1v) is 12.0. The second-order valence-electron chi connectivity index (χ2n) is 7.87. The van der Waals surface area contributed by atoms with Gasteiger partial charge in [-0.1, -0.05) is 38.2 Å². The largest absolute Gasteiger partial charge is 0.378 e. The van der Waals surface area contributed by atoms with Crippen LogP contribution in [0.25, 0.3) is 0 Å². The Hall–Kier alpha value is -1.44. The molecule has 0 aromatic heterocycles. The number of carbonyl (C=O) groups is 1. The van der Waals surface area contributed by atoms with Gasteiger partial charge in [0.25, 0.3) is 5.91 Å². The fourth-order valence-electron chi connectivity index (χ4n) is 3.99. The molecule has 2 N–H and O–H groups in total. The van der Waals surface area contributed by atoms with E-state index in [1.807, 2.05) is 0 Å². The normalized spacial score (nSPS) is 19.0. The van der Waals surface area contributed by atoms with Crippen LogP contribution in [0.2, 0.25) is 0 Å². The zero-order valence-corrected chi connectivity index (χ0v) is 17.3. The van der Waals surface area contributed by atoms with Crippen LogP contribution in [0.4, 0.5) is 0 Å². The van der Waals surface area contributed by atoms with Crippen molar-refractivity contribution in [1.29, 1.82) is 0 Å². The maximum atomic E-state index is 12.6. The van der Waals surface area contributed by atoms with E-state index in [1.54, 1.807) is 12.1 Å². The van der Waals surface area contributed by atoms with Crippen LogP contribution in [-0.2, 0) is 14.8 Å². The number of amides is 1. The van der Waals surface area contributed by atoms with Crippen LogP contribution >= 0.6 is 0 Å². The van der Waals surface area contributed by atoms with Crippen LogP contribution in [0, 0.1) is 0 Å². The summed E-state index contributed by atoms with van der Waals surface area (Å²) in [4.78, 5) is 12.5. The molecule has 2 aliphatic rings. The number of sulfonamides is 1. The summed E-state index contributed by atoms with van der Waals surface area (Å²) in [6.07, 6.45) is 11.1. The molecule has 0 bridgehead atoms. The Balaban J connectivity index is 1.45. The number of hydrogen-bond acceptors (Lipinski definition) is 4. The van der Waals surface area contributed by atoms with Crippen molar-refractivity contribution in [2.24, 2.45) is 0 Å². The molecule has 2 aliphatic carbocycles.